The van der Waals surface area contributed by atoms with Crippen molar-refractivity contribution < 1.29 is 24.2 Å². The van der Waals surface area contributed by atoms with Gasteiger partial charge in [0.15, 0.2) is 0 Å². The topological polar surface area (TPSA) is 108 Å². The van der Waals surface area contributed by atoms with Gasteiger partial charge in [0, 0.05) is 13.1 Å². The third-order valence-electron chi connectivity index (χ3n) is 4.46. The lowest BCUT2D eigenvalue weighted by molar-refractivity contribution is -0.138. The van der Waals surface area contributed by atoms with Crippen LogP contribution < -0.4 is 10.6 Å². The Morgan fingerprint density at radius 2 is 1.87 bits per heavy atom. The van der Waals surface area contributed by atoms with E-state index in [2.05, 4.69) is 10.6 Å². The fraction of sp³-hybridized carbons (Fsp3) is 0.591. The zero-order valence-corrected chi connectivity index (χ0v) is 19.0. The second kappa shape index (κ2) is 10.8. The molecule has 0 aromatic heterocycles. The lowest BCUT2D eigenvalue weighted by Gasteiger charge is -2.29. The number of likely N-dealkylation sites (N-methyl/N-ethyl adjacent to an activating group) is 1. The van der Waals surface area contributed by atoms with Crippen molar-refractivity contribution >= 4 is 17.9 Å². The first kappa shape index (κ1) is 25.3. The zero-order valence-electron chi connectivity index (χ0n) is 19.0. The van der Waals surface area contributed by atoms with Crippen LogP contribution in [0.5, 0.6) is 5.75 Å². The predicted octanol–water partition coefficient (Wildman–Crippen LogP) is 3.03. The van der Waals surface area contributed by atoms with Crippen molar-refractivity contribution in [2.24, 2.45) is 0 Å². The second-order valence-electron chi connectivity index (χ2n) is 8.51. The number of nitrogens with zero attached hydrogens (tertiary/aromatic N) is 1. The zero-order chi connectivity index (χ0) is 23.1. The van der Waals surface area contributed by atoms with Gasteiger partial charge in [-0.25, -0.2) is 4.79 Å². The fourth-order valence-electron chi connectivity index (χ4n) is 2.96. The molecule has 30 heavy (non-hydrogen) atoms. The molecule has 2 unspecified atom stereocenters. The summed E-state index contributed by atoms with van der Waals surface area (Å²) in [6.07, 6.45) is 1.02. The summed E-state index contributed by atoms with van der Waals surface area (Å²) in [6, 6.07) is 3.83. The molecule has 1 aromatic rings. The van der Waals surface area contributed by atoms with E-state index in [0.29, 0.717) is 11.1 Å². The Hall–Kier alpha value is -2.77. The molecule has 8 nitrogen and oxygen atoms in total. The van der Waals surface area contributed by atoms with Crippen molar-refractivity contribution in [3.05, 3.63) is 29.3 Å². The van der Waals surface area contributed by atoms with E-state index >= 15 is 0 Å². The van der Waals surface area contributed by atoms with Crippen LogP contribution in [0.2, 0.25) is 0 Å². The van der Waals surface area contributed by atoms with Crippen molar-refractivity contribution in [1.82, 2.24) is 15.5 Å². The molecule has 0 radical (unpaired) electrons. The summed E-state index contributed by atoms with van der Waals surface area (Å²) in [5, 5.41) is 15.2. The maximum Gasteiger partial charge on any atom is 0.408 e. The van der Waals surface area contributed by atoms with Gasteiger partial charge in [-0.15, -0.1) is 0 Å². The fourth-order valence-corrected chi connectivity index (χ4v) is 2.96. The highest BCUT2D eigenvalue weighted by atomic mass is 16.6. The Morgan fingerprint density at radius 3 is 2.40 bits per heavy atom. The SMILES string of the molecule is CCCC(C)NC(=O)C(c1ccc(O)c(C)c1)N(C)C(=O)CNC(=O)OC(C)(C)C. The minimum atomic E-state index is -0.906. The lowest BCUT2D eigenvalue weighted by Crippen LogP contribution is -2.47. The van der Waals surface area contributed by atoms with E-state index < -0.39 is 23.6 Å². The number of alkyl carbamates (subject to hydrolysis) is 1. The first-order valence-corrected chi connectivity index (χ1v) is 10.2. The molecule has 3 amide bonds. The van der Waals surface area contributed by atoms with Gasteiger partial charge in [0.05, 0.1) is 0 Å². The number of aryl methyl sites for hydroxylation is 1. The molecule has 3 N–H and O–H groups in total. The molecule has 0 aliphatic heterocycles. The summed E-state index contributed by atoms with van der Waals surface area (Å²) in [4.78, 5) is 38.9. The number of aromatic hydroxyl groups is 1. The van der Waals surface area contributed by atoms with Crippen LogP contribution in [0.15, 0.2) is 18.2 Å². The van der Waals surface area contributed by atoms with Crippen LogP contribution in [0.25, 0.3) is 0 Å². The average Bonchev–Trinajstić information content (AvgIpc) is 2.61. The van der Waals surface area contributed by atoms with E-state index in [-0.39, 0.29) is 24.2 Å². The van der Waals surface area contributed by atoms with Gasteiger partial charge in [-0.2, -0.15) is 0 Å². The molecule has 168 valence electrons. The summed E-state index contributed by atoms with van der Waals surface area (Å²) < 4.78 is 5.14. The Morgan fingerprint density at radius 1 is 1.23 bits per heavy atom. The quantitative estimate of drug-likeness (QED) is 0.598. The molecule has 0 heterocycles. The number of phenolic OH excluding ortho intramolecular Hbond substituents is 1. The minimum Gasteiger partial charge on any atom is -0.508 e. The van der Waals surface area contributed by atoms with E-state index in [0.717, 1.165) is 12.8 Å². The van der Waals surface area contributed by atoms with E-state index in [1.807, 2.05) is 13.8 Å². The number of nitrogens with one attached hydrogen (secondary N) is 2. The number of hydrogen-bond acceptors (Lipinski definition) is 5. The molecule has 0 saturated heterocycles. The molecular formula is C22H35N3O5. The van der Waals surface area contributed by atoms with E-state index in [1.54, 1.807) is 39.8 Å². The van der Waals surface area contributed by atoms with Crippen LogP contribution in [0.3, 0.4) is 0 Å². The average molecular weight is 422 g/mol. The number of carbonyl (C=O) groups excluding carboxylic acids is 3. The number of amides is 3. The van der Waals surface area contributed by atoms with Gasteiger partial charge in [0.25, 0.3) is 0 Å². The number of phenols is 1. The molecule has 0 saturated carbocycles. The highest BCUT2D eigenvalue weighted by Gasteiger charge is 2.30. The molecule has 0 fully saturated rings. The van der Waals surface area contributed by atoms with E-state index in [4.69, 9.17) is 4.74 Å². The molecule has 0 aliphatic rings. The van der Waals surface area contributed by atoms with Crippen molar-refractivity contribution in [2.75, 3.05) is 13.6 Å². The Kier molecular flexibility index (Phi) is 9.14. The van der Waals surface area contributed by atoms with Crippen LogP contribution in [0.1, 0.15) is 64.6 Å². The maximum absolute atomic E-state index is 13.0. The van der Waals surface area contributed by atoms with E-state index in [9.17, 15) is 19.5 Å². The second-order valence-corrected chi connectivity index (χ2v) is 8.51. The molecular weight excluding hydrogens is 386 g/mol. The van der Waals surface area contributed by atoms with Crippen LogP contribution in [-0.2, 0) is 14.3 Å². The third kappa shape index (κ3) is 7.93. The standard InChI is InChI=1S/C22H35N3O5/c1-8-9-15(3)24-20(28)19(16-10-11-17(26)14(2)12-16)25(7)18(27)13-23-21(29)30-22(4,5)6/h10-12,15,19,26H,8-9,13H2,1-7H3,(H,23,29)(H,24,28). The van der Waals surface area contributed by atoms with Crippen LogP contribution in [0, 0.1) is 6.92 Å². The van der Waals surface area contributed by atoms with Gasteiger partial charge in [-0.05, 0) is 64.3 Å². The Bertz CT molecular complexity index is 758. The van der Waals surface area contributed by atoms with Crippen molar-refractivity contribution in [3.63, 3.8) is 0 Å². The summed E-state index contributed by atoms with van der Waals surface area (Å²) in [6.45, 7) is 10.5. The summed E-state index contributed by atoms with van der Waals surface area (Å²) in [5.74, 6) is -0.665. The lowest BCUT2D eigenvalue weighted by atomic mass is 10.0. The van der Waals surface area contributed by atoms with Crippen molar-refractivity contribution in [1.29, 1.82) is 0 Å². The number of benzene rings is 1. The summed E-state index contributed by atoms with van der Waals surface area (Å²) in [5.41, 5.74) is 0.486. The van der Waals surface area contributed by atoms with Crippen LogP contribution in [-0.4, -0.2) is 53.1 Å². The van der Waals surface area contributed by atoms with Crippen LogP contribution >= 0.6 is 0 Å². The number of ether oxygens (including phenoxy) is 1. The number of carbonyl (C=O) groups is 3. The maximum atomic E-state index is 13.0. The van der Waals surface area contributed by atoms with Gasteiger partial charge < -0.3 is 25.4 Å². The van der Waals surface area contributed by atoms with Gasteiger partial charge in [-0.1, -0.05) is 19.4 Å². The Balaban J connectivity index is 3.02. The smallest absolute Gasteiger partial charge is 0.408 e. The van der Waals surface area contributed by atoms with E-state index in [1.165, 1.54) is 18.0 Å². The molecule has 0 bridgehead atoms. The molecule has 1 rings (SSSR count). The number of hydrogen-bond donors (Lipinski definition) is 3. The third-order valence-corrected chi connectivity index (χ3v) is 4.46. The van der Waals surface area contributed by atoms with Crippen LogP contribution in [0.4, 0.5) is 4.79 Å². The predicted molar refractivity (Wildman–Crippen MR) is 115 cm³/mol. The monoisotopic (exact) mass is 421 g/mol. The first-order valence-electron chi connectivity index (χ1n) is 10.2. The van der Waals surface area contributed by atoms with Gasteiger partial charge in [-0.3, -0.25) is 9.59 Å². The van der Waals surface area contributed by atoms with Gasteiger partial charge >= 0.3 is 6.09 Å². The largest absolute Gasteiger partial charge is 0.508 e. The molecule has 0 spiro atoms. The van der Waals surface area contributed by atoms with Gasteiger partial charge in [0.2, 0.25) is 11.8 Å². The molecule has 1 aromatic carbocycles. The number of rotatable bonds is 8. The Labute approximate surface area is 179 Å². The highest BCUT2D eigenvalue weighted by Crippen LogP contribution is 2.25. The van der Waals surface area contributed by atoms with Crippen molar-refractivity contribution in [3.8, 4) is 5.75 Å². The highest BCUT2D eigenvalue weighted by molar-refractivity contribution is 5.90. The first-order chi connectivity index (χ1) is 13.9. The molecule has 8 heteroatoms. The molecule has 2 atom stereocenters. The summed E-state index contributed by atoms with van der Waals surface area (Å²) >= 11 is 0. The van der Waals surface area contributed by atoms with Gasteiger partial charge in [0.1, 0.15) is 23.9 Å². The minimum absolute atomic E-state index is 0.0494. The summed E-state index contributed by atoms with van der Waals surface area (Å²) in [7, 11) is 1.51. The normalized spacial score (nSPS) is 13.2. The van der Waals surface area contributed by atoms with Crippen molar-refractivity contribution in [2.45, 2.75) is 72.1 Å². The molecule has 0 aliphatic carbocycles.